The van der Waals surface area contributed by atoms with E-state index in [1.165, 1.54) is 36.4 Å². The number of pyridine rings is 2. The number of hydrogen-bond donors (Lipinski definition) is 0. The molecule has 0 fully saturated rings. The van der Waals surface area contributed by atoms with Gasteiger partial charge in [-0.3, -0.25) is 0 Å². The molecule has 42 heavy (non-hydrogen) atoms. The standard InChI is InChI=1S/C28H12F12N2/c29-25(30,31)17-7-15(8-18(11-17)26(32,33)34)21-5-3-13-1-2-14-4-6-22(42-24(14)23(13)41-21)16-9-19(27(35,36)37)12-20(10-16)28(38,39)40/h1-12H. The Balaban J connectivity index is 1.73. The van der Waals surface area contributed by atoms with E-state index < -0.39 is 58.1 Å². The first-order valence-corrected chi connectivity index (χ1v) is 11.6. The van der Waals surface area contributed by atoms with E-state index in [1.807, 2.05) is 0 Å². The predicted octanol–water partition coefficient (Wildman–Crippen LogP) is 10.2. The second-order valence-corrected chi connectivity index (χ2v) is 9.19. The molecular formula is C28H12F12N2. The van der Waals surface area contributed by atoms with E-state index in [1.54, 1.807) is 0 Å². The first-order chi connectivity index (χ1) is 19.3. The van der Waals surface area contributed by atoms with Gasteiger partial charge >= 0.3 is 24.7 Å². The first kappa shape index (κ1) is 29.1. The Kier molecular flexibility index (Phi) is 6.66. The molecule has 0 radical (unpaired) electrons. The fraction of sp³-hybridized carbons (Fsp3) is 0.143. The molecule has 3 aromatic carbocycles. The van der Waals surface area contributed by atoms with Crippen LogP contribution in [0, 0.1) is 0 Å². The van der Waals surface area contributed by atoms with Crippen LogP contribution in [0.15, 0.2) is 72.8 Å². The molecule has 218 valence electrons. The maximum atomic E-state index is 13.4. The van der Waals surface area contributed by atoms with Crippen molar-refractivity contribution in [2.75, 3.05) is 0 Å². The Morgan fingerprint density at radius 2 is 0.619 bits per heavy atom. The Morgan fingerprint density at radius 3 is 0.881 bits per heavy atom. The molecule has 2 aromatic heterocycles. The van der Waals surface area contributed by atoms with E-state index in [4.69, 9.17) is 0 Å². The van der Waals surface area contributed by atoms with Crippen molar-refractivity contribution < 1.29 is 52.7 Å². The van der Waals surface area contributed by atoms with Gasteiger partial charge in [0, 0.05) is 21.9 Å². The molecule has 0 aliphatic carbocycles. The van der Waals surface area contributed by atoms with Gasteiger partial charge in [-0.25, -0.2) is 9.97 Å². The van der Waals surface area contributed by atoms with Crippen LogP contribution in [0.1, 0.15) is 22.3 Å². The van der Waals surface area contributed by atoms with E-state index in [9.17, 15) is 52.7 Å². The Hall–Kier alpha value is -4.36. The molecule has 0 unspecified atom stereocenters. The number of rotatable bonds is 2. The molecule has 5 aromatic rings. The minimum absolute atomic E-state index is 0.0436. The lowest BCUT2D eigenvalue weighted by molar-refractivity contribution is -0.144. The van der Waals surface area contributed by atoms with Gasteiger partial charge in [0.15, 0.2) is 0 Å². The van der Waals surface area contributed by atoms with Crippen molar-refractivity contribution in [1.29, 1.82) is 0 Å². The van der Waals surface area contributed by atoms with Gasteiger partial charge in [-0.05, 0) is 48.5 Å². The number of halogens is 12. The summed E-state index contributed by atoms with van der Waals surface area (Å²) in [7, 11) is 0. The quantitative estimate of drug-likeness (QED) is 0.148. The summed E-state index contributed by atoms with van der Waals surface area (Å²) in [6.07, 6.45) is -20.5. The number of fused-ring (bicyclic) bond motifs is 3. The van der Waals surface area contributed by atoms with Crippen LogP contribution in [-0.4, -0.2) is 9.97 Å². The molecule has 0 spiro atoms. The molecule has 2 nitrogen and oxygen atoms in total. The van der Waals surface area contributed by atoms with Gasteiger partial charge in [-0.1, -0.05) is 24.3 Å². The van der Waals surface area contributed by atoms with Crippen LogP contribution in [0.3, 0.4) is 0 Å². The predicted molar refractivity (Wildman–Crippen MR) is 128 cm³/mol. The number of alkyl halides is 12. The summed E-state index contributed by atoms with van der Waals surface area (Å²) in [4.78, 5) is 8.42. The lowest BCUT2D eigenvalue weighted by Crippen LogP contribution is -2.11. The average Bonchev–Trinajstić information content (AvgIpc) is 2.90. The Morgan fingerprint density at radius 1 is 0.357 bits per heavy atom. The Labute approximate surface area is 227 Å². The summed E-state index contributed by atoms with van der Waals surface area (Å²) in [5, 5.41) is 0.609. The lowest BCUT2D eigenvalue weighted by Gasteiger charge is -2.15. The molecule has 0 saturated carbocycles. The smallest absolute Gasteiger partial charge is 0.245 e. The van der Waals surface area contributed by atoms with Crippen molar-refractivity contribution in [3.63, 3.8) is 0 Å². The summed E-state index contributed by atoms with van der Waals surface area (Å²) < 4.78 is 161. The Bertz CT molecular complexity index is 1630. The second kappa shape index (κ2) is 9.60. The zero-order valence-electron chi connectivity index (χ0n) is 20.4. The van der Waals surface area contributed by atoms with Crippen molar-refractivity contribution in [2.24, 2.45) is 0 Å². The third-order valence-electron chi connectivity index (χ3n) is 6.29. The van der Waals surface area contributed by atoms with Gasteiger partial charge in [-0.2, -0.15) is 52.7 Å². The number of hydrogen-bond acceptors (Lipinski definition) is 2. The van der Waals surface area contributed by atoms with Gasteiger partial charge in [0.2, 0.25) is 0 Å². The molecule has 0 aliphatic rings. The molecule has 0 atom stereocenters. The number of aromatic nitrogens is 2. The molecule has 2 heterocycles. The van der Waals surface area contributed by atoms with Gasteiger partial charge < -0.3 is 0 Å². The van der Waals surface area contributed by atoms with E-state index >= 15 is 0 Å². The maximum Gasteiger partial charge on any atom is 0.416 e. The van der Waals surface area contributed by atoms with Crippen molar-refractivity contribution in [2.45, 2.75) is 24.7 Å². The molecule has 0 bridgehead atoms. The van der Waals surface area contributed by atoms with Crippen molar-refractivity contribution in [3.8, 4) is 22.5 Å². The molecule has 0 saturated heterocycles. The highest BCUT2D eigenvalue weighted by molar-refractivity contribution is 6.04. The monoisotopic (exact) mass is 604 g/mol. The molecular weight excluding hydrogens is 592 g/mol. The van der Waals surface area contributed by atoms with Crippen molar-refractivity contribution >= 4 is 21.8 Å². The van der Waals surface area contributed by atoms with E-state index in [2.05, 4.69) is 9.97 Å². The highest BCUT2D eigenvalue weighted by Crippen LogP contribution is 2.40. The van der Waals surface area contributed by atoms with Gasteiger partial charge in [0.25, 0.3) is 0 Å². The van der Waals surface area contributed by atoms with E-state index in [0.717, 1.165) is 0 Å². The highest BCUT2D eigenvalue weighted by Gasteiger charge is 2.38. The number of benzene rings is 3. The first-order valence-electron chi connectivity index (χ1n) is 11.6. The van der Waals surface area contributed by atoms with Crippen LogP contribution in [0.4, 0.5) is 52.7 Å². The van der Waals surface area contributed by atoms with E-state index in [0.29, 0.717) is 35.0 Å². The normalized spacial score (nSPS) is 13.2. The van der Waals surface area contributed by atoms with Gasteiger partial charge in [0.1, 0.15) is 0 Å². The summed E-state index contributed by atoms with van der Waals surface area (Å²) in [5.41, 5.74) is -8.07. The summed E-state index contributed by atoms with van der Waals surface area (Å²) >= 11 is 0. The fourth-order valence-corrected chi connectivity index (χ4v) is 4.29. The van der Waals surface area contributed by atoms with Crippen LogP contribution in [0.25, 0.3) is 44.3 Å². The maximum absolute atomic E-state index is 13.4. The van der Waals surface area contributed by atoms with Crippen molar-refractivity contribution in [1.82, 2.24) is 9.97 Å². The molecule has 0 aliphatic heterocycles. The summed E-state index contributed by atoms with van der Waals surface area (Å²) in [6.45, 7) is 0. The third kappa shape index (κ3) is 5.70. The average molecular weight is 604 g/mol. The van der Waals surface area contributed by atoms with Crippen LogP contribution in [-0.2, 0) is 24.7 Å². The topological polar surface area (TPSA) is 25.8 Å². The number of nitrogens with zero attached hydrogens (tertiary/aromatic N) is 2. The van der Waals surface area contributed by atoms with Gasteiger partial charge in [-0.15, -0.1) is 0 Å². The molecule has 14 heteroatoms. The second-order valence-electron chi connectivity index (χ2n) is 9.19. The molecule has 0 amide bonds. The SMILES string of the molecule is FC(F)(F)c1cc(-c2ccc3ccc4ccc(-c5cc(C(F)(F)F)cc(C(F)(F)F)c5)nc4c3n2)cc(C(F)(F)F)c1. The van der Waals surface area contributed by atoms with Gasteiger partial charge in [0.05, 0.1) is 44.7 Å². The van der Waals surface area contributed by atoms with Crippen LogP contribution < -0.4 is 0 Å². The zero-order chi connectivity index (χ0) is 30.8. The van der Waals surface area contributed by atoms with Crippen molar-refractivity contribution in [3.05, 3.63) is 95.1 Å². The minimum atomic E-state index is -5.11. The largest absolute Gasteiger partial charge is 0.416 e. The third-order valence-corrected chi connectivity index (χ3v) is 6.29. The van der Waals surface area contributed by atoms with Crippen LogP contribution in [0.2, 0.25) is 0 Å². The lowest BCUT2D eigenvalue weighted by atomic mass is 10.0. The molecule has 0 N–H and O–H groups in total. The highest BCUT2D eigenvalue weighted by atomic mass is 19.4. The summed E-state index contributed by atoms with van der Waals surface area (Å²) in [5.74, 6) is 0. The fourth-order valence-electron chi connectivity index (χ4n) is 4.29. The zero-order valence-corrected chi connectivity index (χ0v) is 20.4. The molecule has 5 rings (SSSR count). The minimum Gasteiger partial charge on any atom is -0.245 e. The van der Waals surface area contributed by atoms with Crippen LogP contribution >= 0.6 is 0 Å². The van der Waals surface area contributed by atoms with E-state index in [-0.39, 0.29) is 34.6 Å². The summed E-state index contributed by atoms with van der Waals surface area (Å²) in [6, 6.07) is 9.88. The van der Waals surface area contributed by atoms with Crippen LogP contribution in [0.5, 0.6) is 0 Å².